The zero-order valence-corrected chi connectivity index (χ0v) is 12.8. The molecule has 0 aromatic carbocycles. The van der Waals surface area contributed by atoms with Crippen molar-refractivity contribution in [3.63, 3.8) is 0 Å². The van der Waals surface area contributed by atoms with E-state index in [9.17, 15) is 8.78 Å². The zero-order valence-electron chi connectivity index (χ0n) is 12.8. The smallest absolute Gasteiger partial charge is 0.399 e. The van der Waals surface area contributed by atoms with E-state index in [1.54, 1.807) is 13.0 Å². The summed E-state index contributed by atoms with van der Waals surface area (Å²) in [5, 5.41) is 0. The van der Waals surface area contributed by atoms with Gasteiger partial charge in [-0.25, -0.2) is 0 Å². The lowest BCUT2D eigenvalue weighted by Crippen LogP contribution is -2.41. The Balaban J connectivity index is 2.38. The lowest BCUT2D eigenvalue weighted by Gasteiger charge is -2.32. The van der Waals surface area contributed by atoms with E-state index < -0.39 is 24.2 Å². The van der Waals surface area contributed by atoms with E-state index in [-0.39, 0.29) is 5.69 Å². The maximum absolute atomic E-state index is 13.5. The second-order valence-corrected chi connectivity index (χ2v) is 6.40. The van der Waals surface area contributed by atoms with Crippen LogP contribution >= 0.6 is 0 Å². The molecule has 2 rings (SSSR count). The van der Waals surface area contributed by atoms with Gasteiger partial charge in [-0.15, -0.1) is 0 Å². The van der Waals surface area contributed by atoms with Crippen molar-refractivity contribution in [2.75, 3.05) is 0 Å². The van der Waals surface area contributed by atoms with E-state index in [1.165, 1.54) is 6.07 Å². The minimum atomic E-state index is -2.98. The molecule has 2 heterocycles. The molecule has 1 aromatic rings. The van der Waals surface area contributed by atoms with Crippen LogP contribution in [0.5, 0.6) is 0 Å². The Morgan fingerprint density at radius 1 is 1.10 bits per heavy atom. The molecular formula is C14H20BF2NO2. The van der Waals surface area contributed by atoms with E-state index in [4.69, 9.17) is 9.31 Å². The summed E-state index contributed by atoms with van der Waals surface area (Å²) in [5.41, 5.74) is -0.156. The van der Waals surface area contributed by atoms with E-state index in [0.717, 1.165) is 6.92 Å². The number of hydrogen-bond acceptors (Lipinski definition) is 3. The summed E-state index contributed by atoms with van der Waals surface area (Å²) < 4.78 is 38.7. The van der Waals surface area contributed by atoms with Gasteiger partial charge in [0.1, 0.15) is 5.69 Å². The van der Waals surface area contributed by atoms with E-state index in [0.29, 0.717) is 11.2 Å². The largest absolute Gasteiger partial charge is 0.494 e. The van der Waals surface area contributed by atoms with Crippen molar-refractivity contribution in [3.05, 3.63) is 23.5 Å². The fourth-order valence-corrected chi connectivity index (χ4v) is 2.04. The first-order chi connectivity index (χ1) is 8.92. The molecule has 110 valence electrons. The molecule has 0 N–H and O–H groups in total. The molecule has 1 aliphatic heterocycles. The molecule has 0 aliphatic carbocycles. The van der Waals surface area contributed by atoms with Crippen LogP contribution < -0.4 is 5.46 Å². The van der Waals surface area contributed by atoms with Crippen LogP contribution in [-0.4, -0.2) is 23.3 Å². The van der Waals surface area contributed by atoms with Crippen LogP contribution in [0, 0.1) is 6.92 Å². The van der Waals surface area contributed by atoms with Gasteiger partial charge in [-0.05, 0) is 52.2 Å². The molecule has 0 atom stereocenters. The normalized spacial score (nSPS) is 21.3. The lowest BCUT2D eigenvalue weighted by molar-refractivity contribution is 0.00578. The Morgan fingerprint density at radius 3 is 2.05 bits per heavy atom. The van der Waals surface area contributed by atoms with Gasteiger partial charge in [0.2, 0.25) is 0 Å². The third-order valence-electron chi connectivity index (χ3n) is 3.95. The minimum Gasteiger partial charge on any atom is -0.399 e. The van der Waals surface area contributed by atoms with Crippen molar-refractivity contribution < 1.29 is 18.1 Å². The SMILES string of the molecule is Cc1cc(B2OC(C)(C)C(C)(C)O2)cc(C(C)(F)F)n1. The van der Waals surface area contributed by atoms with Gasteiger partial charge in [-0.3, -0.25) is 4.98 Å². The summed E-state index contributed by atoms with van der Waals surface area (Å²) in [4.78, 5) is 3.89. The molecule has 20 heavy (non-hydrogen) atoms. The van der Waals surface area contributed by atoms with E-state index >= 15 is 0 Å². The molecule has 1 aromatic heterocycles. The summed E-state index contributed by atoms with van der Waals surface area (Å²) in [5.74, 6) is -2.98. The fraction of sp³-hybridized carbons (Fsp3) is 0.643. The summed E-state index contributed by atoms with van der Waals surface area (Å²) in [6, 6.07) is 3.08. The van der Waals surface area contributed by atoms with Crippen LogP contribution in [-0.2, 0) is 15.2 Å². The third-order valence-corrected chi connectivity index (χ3v) is 3.95. The van der Waals surface area contributed by atoms with Gasteiger partial charge in [0, 0.05) is 12.6 Å². The van der Waals surface area contributed by atoms with Crippen molar-refractivity contribution in [2.45, 2.75) is 58.7 Å². The Kier molecular flexibility index (Phi) is 3.46. The highest BCUT2D eigenvalue weighted by atomic mass is 19.3. The molecule has 1 fully saturated rings. The van der Waals surface area contributed by atoms with Gasteiger partial charge in [0.15, 0.2) is 0 Å². The first-order valence-corrected chi connectivity index (χ1v) is 6.65. The van der Waals surface area contributed by atoms with Gasteiger partial charge in [0.05, 0.1) is 11.2 Å². The maximum Gasteiger partial charge on any atom is 0.494 e. The Labute approximate surface area is 118 Å². The second kappa shape index (κ2) is 4.50. The fourth-order valence-electron chi connectivity index (χ4n) is 2.04. The highest BCUT2D eigenvalue weighted by Gasteiger charge is 2.52. The minimum absolute atomic E-state index is 0.262. The monoisotopic (exact) mass is 283 g/mol. The Hall–Kier alpha value is -1.01. The number of rotatable bonds is 2. The van der Waals surface area contributed by atoms with Crippen molar-refractivity contribution in [1.29, 1.82) is 0 Å². The van der Waals surface area contributed by atoms with Crippen LogP contribution in [0.4, 0.5) is 8.78 Å². The van der Waals surface area contributed by atoms with Crippen molar-refractivity contribution in [3.8, 4) is 0 Å². The van der Waals surface area contributed by atoms with Crippen molar-refractivity contribution in [1.82, 2.24) is 4.98 Å². The predicted molar refractivity (Wildman–Crippen MR) is 74.3 cm³/mol. The molecule has 6 heteroatoms. The molecule has 0 amide bonds. The molecule has 3 nitrogen and oxygen atoms in total. The van der Waals surface area contributed by atoms with Gasteiger partial charge in [-0.1, -0.05) is 0 Å². The molecule has 1 aliphatic rings. The number of hydrogen-bond donors (Lipinski definition) is 0. The first-order valence-electron chi connectivity index (χ1n) is 6.65. The van der Waals surface area contributed by atoms with Crippen LogP contribution in [0.1, 0.15) is 46.0 Å². The molecular weight excluding hydrogens is 263 g/mol. The lowest BCUT2D eigenvalue weighted by atomic mass is 9.78. The van der Waals surface area contributed by atoms with Gasteiger partial charge in [-0.2, -0.15) is 8.78 Å². The quantitative estimate of drug-likeness (QED) is 0.782. The molecule has 0 radical (unpaired) electrons. The first kappa shape index (κ1) is 15.4. The summed E-state index contributed by atoms with van der Waals surface area (Å²) >= 11 is 0. The number of alkyl halides is 2. The Bertz CT molecular complexity index is 510. The Morgan fingerprint density at radius 2 is 1.60 bits per heavy atom. The van der Waals surface area contributed by atoms with Crippen LogP contribution in [0.2, 0.25) is 0 Å². The average Bonchev–Trinajstić information content (AvgIpc) is 2.46. The molecule has 0 unspecified atom stereocenters. The highest BCUT2D eigenvalue weighted by Crippen LogP contribution is 2.36. The number of pyridine rings is 1. The molecule has 0 bridgehead atoms. The number of nitrogens with zero attached hydrogens (tertiary/aromatic N) is 1. The zero-order chi connectivity index (χ0) is 15.3. The summed E-state index contributed by atoms with van der Waals surface area (Å²) in [6.07, 6.45) is 0. The molecule has 0 spiro atoms. The number of aryl methyl sites for hydroxylation is 1. The van der Waals surface area contributed by atoms with Crippen molar-refractivity contribution >= 4 is 12.6 Å². The van der Waals surface area contributed by atoms with Crippen molar-refractivity contribution in [2.24, 2.45) is 0 Å². The number of halogens is 2. The van der Waals surface area contributed by atoms with Gasteiger partial charge in [0.25, 0.3) is 5.92 Å². The van der Waals surface area contributed by atoms with Crippen LogP contribution in [0.15, 0.2) is 12.1 Å². The topological polar surface area (TPSA) is 31.4 Å². The van der Waals surface area contributed by atoms with Crippen LogP contribution in [0.25, 0.3) is 0 Å². The number of aromatic nitrogens is 1. The third kappa shape index (κ3) is 2.72. The van der Waals surface area contributed by atoms with E-state index in [2.05, 4.69) is 4.98 Å². The average molecular weight is 283 g/mol. The predicted octanol–water partition coefficient (Wildman–Crippen LogP) is 2.80. The molecule has 0 saturated carbocycles. The highest BCUT2D eigenvalue weighted by molar-refractivity contribution is 6.62. The maximum atomic E-state index is 13.5. The second-order valence-electron chi connectivity index (χ2n) is 6.40. The summed E-state index contributed by atoms with van der Waals surface area (Å²) in [6.45, 7) is 10.2. The standard InChI is InChI=1S/C14H20BF2NO2/c1-9-7-10(8-11(18-9)14(6,16)17)15-19-12(2,3)13(4,5)20-15/h7-8H,1-6H3. The molecule has 1 saturated heterocycles. The van der Waals surface area contributed by atoms with Gasteiger partial charge < -0.3 is 9.31 Å². The van der Waals surface area contributed by atoms with Crippen LogP contribution in [0.3, 0.4) is 0 Å². The van der Waals surface area contributed by atoms with Gasteiger partial charge >= 0.3 is 7.12 Å². The van der Waals surface area contributed by atoms with E-state index in [1.807, 2.05) is 27.7 Å². The summed E-state index contributed by atoms with van der Waals surface area (Å²) in [7, 11) is -0.650.